The fourth-order valence-corrected chi connectivity index (χ4v) is 1.08. The van der Waals surface area contributed by atoms with Gasteiger partial charge in [-0.25, -0.2) is 0 Å². The third-order valence-electron chi connectivity index (χ3n) is 1.84. The van der Waals surface area contributed by atoms with E-state index in [-0.39, 0.29) is 6.04 Å². The van der Waals surface area contributed by atoms with Gasteiger partial charge in [0.05, 0.1) is 0 Å². The molecule has 0 fully saturated rings. The van der Waals surface area contributed by atoms with Gasteiger partial charge >= 0.3 is 13.3 Å². The molecule has 1 aromatic rings. The highest BCUT2D eigenvalue weighted by atomic mass is 19.4. The molecule has 0 aliphatic heterocycles. The van der Waals surface area contributed by atoms with Crippen molar-refractivity contribution in [2.45, 2.75) is 26.1 Å². The van der Waals surface area contributed by atoms with Crippen LogP contribution in [-0.2, 0) is 6.18 Å². The normalized spacial score (nSPS) is 12.3. The van der Waals surface area contributed by atoms with Gasteiger partial charge in [-0.2, -0.15) is 18.3 Å². The summed E-state index contributed by atoms with van der Waals surface area (Å²) in [6.45, 7) is 3.28. The van der Waals surface area contributed by atoms with Crippen molar-refractivity contribution in [3.8, 4) is 0 Å². The van der Waals surface area contributed by atoms with E-state index in [2.05, 4.69) is 5.10 Å². The molecule has 4 nitrogen and oxygen atoms in total. The van der Waals surface area contributed by atoms with Crippen LogP contribution in [0.4, 0.5) is 13.2 Å². The number of nitrogens with zero attached hydrogens (tertiary/aromatic N) is 2. The van der Waals surface area contributed by atoms with Gasteiger partial charge in [-0.3, -0.25) is 4.68 Å². The van der Waals surface area contributed by atoms with Crippen LogP contribution in [0.5, 0.6) is 0 Å². The summed E-state index contributed by atoms with van der Waals surface area (Å²) in [6, 6.07) is -0.279. The fourth-order valence-electron chi connectivity index (χ4n) is 1.08. The lowest BCUT2D eigenvalue weighted by Gasteiger charge is -2.05. The maximum Gasteiger partial charge on any atom is 0.492 e. The number of aromatic nitrogens is 2. The average Bonchev–Trinajstić information content (AvgIpc) is 2.45. The Balaban J connectivity index is 3.24. The van der Waals surface area contributed by atoms with Crippen molar-refractivity contribution in [1.82, 2.24) is 9.78 Å². The van der Waals surface area contributed by atoms with Crippen molar-refractivity contribution >= 4 is 12.6 Å². The first-order valence-electron chi connectivity index (χ1n) is 4.26. The summed E-state index contributed by atoms with van der Waals surface area (Å²) in [5.74, 6) is 0. The van der Waals surface area contributed by atoms with E-state index in [1.165, 1.54) is 0 Å². The van der Waals surface area contributed by atoms with Crippen LogP contribution in [0.1, 0.15) is 25.6 Å². The molecular formula is C7H10BF3N2O2. The second-order valence-corrected chi connectivity index (χ2v) is 3.38. The van der Waals surface area contributed by atoms with Crippen LogP contribution in [0.15, 0.2) is 6.20 Å². The van der Waals surface area contributed by atoms with Gasteiger partial charge in [0.2, 0.25) is 0 Å². The summed E-state index contributed by atoms with van der Waals surface area (Å²) in [5.41, 5.74) is -1.89. The van der Waals surface area contributed by atoms with Gasteiger partial charge in [0, 0.05) is 17.7 Å². The molecule has 0 unspecified atom stereocenters. The molecule has 0 amide bonds. The van der Waals surface area contributed by atoms with Crippen LogP contribution >= 0.6 is 0 Å². The van der Waals surface area contributed by atoms with Crippen LogP contribution in [0.25, 0.3) is 0 Å². The summed E-state index contributed by atoms with van der Waals surface area (Å²) in [5, 5.41) is 20.8. The van der Waals surface area contributed by atoms with Gasteiger partial charge in [-0.05, 0) is 13.8 Å². The largest absolute Gasteiger partial charge is 0.492 e. The molecule has 0 bridgehead atoms. The monoisotopic (exact) mass is 222 g/mol. The smallest absolute Gasteiger partial charge is 0.423 e. The lowest BCUT2D eigenvalue weighted by atomic mass is 9.80. The van der Waals surface area contributed by atoms with E-state index in [1.54, 1.807) is 13.8 Å². The lowest BCUT2D eigenvalue weighted by Crippen LogP contribution is -2.34. The first kappa shape index (κ1) is 12.1. The van der Waals surface area contributed by atoms with Crippen molar-refractivity contribution in [2.24, 2.45) is 0 Å². The predicted molar refractivity (Wildman–Crippen MR) is 47.4 cm³/mol. The standard InChI is InChI=1S/C7H10BF3N2O2/c1-4(2)13-3-5(8(14)15)6(12-13)7(9,10)11/h3-4,14-15H,1-2H3. The van der Waals surface area contributed by atoms with Gasteiger partial charge in [0.1, 0.15) is 0 Å². The first-order valence-corrected chi connectivity index (χ1v) is 4.26. The summed E-state index contributed by atoms with van der Waals surface area (Å²) >= 11 is 0. The Bertz CT molecular complexity index is 348. The fraction of sp³-hybridized carbons (Fsp3) is 0.571. The minimum absolute atomic E-state index is 0.279. The molecular weight excluding hydrogens is 212 g/mol. The molecule has 0 saturated carbocycles. The molecule has 1 aromatic heterocycles. The Morgan fingerprint density at radius 1 is 1.40 bits per heavy atom. The highest BCUT2D eigenvalue weighted by Crippen LogP contribution is 2.26. The van der Waals surface area contributed by atoms with E-state index in [0.717, 1.165) is 10.9 Å². The predicted octanol–water partition coefficient (Wildman–Crippen LogP) is 0.163. The maximum absolute atomic E-state index is 12.4. The molecule has 0 aliphatic rings. The molecule has 0 atom stereocenters. The van der Waals surface area contributed by atoms with Gasteiger partial charge < -0.3 is 10.0 Å². The van der Waals surface area contributed by atoms with E-state index in [1.807, 2.05) is 0 Å². The Kier molecular flexibility index (Phi) is 3.10. The molecule has 15 heavy (non-hydrogen) atoms. The molecule has 2 N–H and O–H groups in total. The SMILES string of the molecule is CC(C)n1cc(B(O)O)c(C(F)(F)F)n1. The van der Waals surface area contributed by atoms with Crippen LogP contribution in [-0.4, -0.2) is 26.9 Å². The minimum Gasteiger partial charge on any atom is -0.423 e. The first-order chi connectivity index (χ1) is 6.73. The summed E-state index contributed by atoms with van der Waals surface area (Å²) in [7, 11) is -2.17. The van der Waals surface area contributed by atoms with E-state index in [9.17, 15) is 13.2 Å². The van der Waals surface area contributed by atoms with E-state index >= 15 is 0 Å². The molecule has 0 spiro atoms. The third-order valence-corrected chi connectivity index (χ3v) is 1.84. The topological polar surface area (TPSA) is 58.3 Å². The highest BCUT2D eigenvalue weighted by molar-refractivity contribution is 6.59. The zero-order chi connectivity index (χ0) is 11.8. The number of rotatable bonds is 2. The molecule has 0 saturated heterocycles. The molecule has 0 radical (unpaired) electrons. The van der Waals surface area contributed by atoms with Crippen LogP contribution in [0.2, 0.25) is 0 Å². The van der Waals surface area contributed by atoms with E-state index < -0.39 is 24.5 Å². The Morgan fingerprint density at radius 3 is 2.20 bits per heavy atom. The minimum atomic E-state index is -4.68. The van der Waals surface area contributed by atoms with E-state index in [4.69, 9.17) is 10.0 Å². The average molecular weight is 222 g/mol. The van der Waals surface area contributed by atoms with Gasteiger partial charge in [-0.15, -0.1) is 0 Å². The summed E-state index contributed by atoms with van der Waals surface area (Å²) in [6.07, 6.45) is -3.70. The summed E-state index contributed by atoms with van der Waals surface area (Å²) < 4.78 is 38.2. The quantitative estimate of drug-likeness (QED) is 0.701. The number of halogens is 3. The Hall–Kier alpha value is -1.02. The molecule has 8 heteroatoms. The maximum atomic E-state index is 12.4. The Morgan fingerprint density at radius 2 is 1.93 bits per heavy atom. The van der Waals surface area contributed by atoms with Crippen molar-refractivity contribution in [1.29, 1.82) is 0 Å². The van der Waals surface area contributed by atoms with Crippen LogP contribution < -0.4 is 5.46 Å². The molecule has 0 aliphatic carbocycles. The van der Waals surface area contributed by atoms with Gasteiger partial charge in [0.25, 0.3) is 0 Å². The highest BCUT2D eigenvalue weighted by Gasteiger charge is 2.40. The number of alkyl halides is 3. The van der Waals surface area contributed by atoms with Crippen molar-refractivity contribution in [2.75, 3.05) is 0 Å². The number of hydrogen-bond acceptors (Lipinski definition) is 3. The second kappa shape index (κ2) is 3.86. The van der Waals surface area contributed by atoms with Crippen molar-refractivity contribution < 1.29 is 23.2 Å². The molecule has 84 valence electrons. The third kappa shape index (κ3) is 2.51. The van der Waals surface area contributed by atoms with Gasteiger partial charge in [0.15, 0.2) is 5.69 Å². The lowest BCUT2D eigenvalue weighted by molar-refractivity contribution is -0.140. The van der Waals surface area contributed by atoms with Crippen LogP contribution in [0.3, 0.4) is 0 Å². The molecule has 1 heterocycles. The molecule has 1 rings (SSSR count). The van der Waals surface area contributed by atoms with Crippen molar-refractivity contribution in [3.05, 3.63) is 11.9 Å². The van der Waals surface area contributed by atoms with E-state index in [0.29, 0.717) is 0 Å². The number of hydrogen-bond donors (Lipinski definition) is 2. The zero-order valence-electron chi connectivity index (χ0n) is 8.15. The van der Waals surface area contributed by atoms with Gasteiger partial charge in [-0.1, -0.05) is 0 Å². The zero-order valence-corrected chi connectivity index (χ0v) is 8.15. The second-order valence-electron chi connectivity index (χ2n) is 3.38. The Labute approximate surface area is 84.5 Å². The van der Waals surface area contributed by atoms with Crippen LogP contribution in [0, 0.1) is 0 Å². The molecule has 0 aromatic carbocycles. The van der Waals surface area contributed by atoms with Crippen molar-refractivity contribution in [3.63, 3.8) is 0 Å². The summed E-state index contributed by atoms with van der Waals surface area (Å²) in [4.78, 5) is 0.